The molecule has 0 aliphatic carbocycles. The van der Waals surface area contributed by atoms with Crippen LogP contribution in [0.1, 0.15) is 11.7 Å². The van der Waals surface area contributed by atoms with Gasteiger partial charge in [0, 0.05) is 32.4 Å². The van der Waals surface area contributed by atoms with Crippen LogP contribution >= 0.6 is 0 Å². The molecule has 2 N–H and O–H groups in total. The lowest BCUT2D eigenvalue weighted by atomic mass is 10.1. The highest BCUT2D eigenvalue weighted by atomic mass is 19.1. The van der Waals surface area contributed by atoms with E-state index in [-0.39, 0.29) is 11.9 Å². The molecule has 7 heteroatoms. The lowest BCUT2D eigenvalue weighted by Gasteiger charge is -2.34. The van der Waals surface area contributed by atoms with E-state index in [1.165, 1.54) is 12.1 Å². The van der Waals surface area contributed by atoms with Crippen LogP contribution in [0.4, 0.5) is 10.2 Å². The molecular formula is C17H21FN4O2. The van der Waals surface area contributed by atoms with Gasteiger partial charge in [-0.3, -0.25) is 4.90 Å². The van der Waals surface area contributed by atoms with E-state index in [0.29, 0.717) is 32.1 Å². The van der Waals surface area contributed by atoms with Gasteiger partial charge in [-0.15, -0.1) is 5.10 Å². The van der Waals surface area contributed by atoms with E-state index in [2.05, 4.69) is 20.4 Å². The molecule has 2 heterocycles. The predicted molar refractivity (Wildman–Crippen MR) is 88.1 cm³/mol. The molecular weight excluding hydrogens is 311 g/mol. The molecule has 128 valence electrons. The fourth-order valence-electron chi connectivity index (χ4n) is 2.72. The molecule has 24 heavy (non-hydrogen) atoms. The Morgan fingerprint density at radius 3 is 2.92 bits per heavy atom. The molecule has 3 rings (SSSR count). The highest BCUT2D eigenvalue weighted by molar-refractivity contribution is 5.31. The van der Waals surface area contributed by atoms with Crippen molar-refractivity contribution >= 4 is 5.82 Å². The first-order valence-corrected chi connectivity index (χ1v) is 8.00. The fourth-order valence-corrected chi connectivity index (χ4v) is 2.72. The second-order valence-electron chi connectivity index (χ2n) is 5.81. The van der Waals surface area contributed by atoms with Crippen LogP contribution in [0.5, 0.6) is 0 Å². The van der Waals surface area contributed by atoms with Crippen molar-refractivity contribution in [2.24, 2.45) is 0 Å². The summed E-state index contributed by atoms with van der Waals surface area (Å²) in [7, 11) is 0. The minimum atomic E-state index is -0.641. The van der Waals surface area contributed by atoms with Crippen LogP contribution in [-0.4, -0.2) is 59.1 Å². The smallest absolute Gasteiger partial charge is 0.148 e. The van der Waals surface area contributed by atoms with E-state index in [4.69, 9.17) is 4.74 Å². The topological polar surface area (TPSA) is 70.5 Å². The van der Waals surface area contributed by atoms with Gasteiger partial charge in [-0.2, -0.15) is 5.10 Å². The molecule has 0 radical (unpaired) electrons. The molecule has 1 saturated heterocycles. The highest BCUT2D eigenvalue weighted by Crippen LogP contribution is 2.17. The Bertz CT molecular complexity index is 626. The molecule has 1 aliphatic heterocycles. The normalized spacial score (nSPS) is 19.8. The highest BCUT2D eigenvalue weighted by Gasteiger charge is 2.22. The van der Waals surface area contributed by atoms with Gasteiger partial charge < -0.3 is 15.2 Å². The number of nitrogens with zero attached hydrogens (tertiary/aromatic N) is 3. The number of ether oxygens (including phenoxy) is 1. The lowest BCUT2D eigenvalue weighted by Crippen LogP contribution is -2.46. The van der Waals surface area contributed by atoms with Crippen LogP contribution in [-0.2, 0) is 4.74 Å². The molecule has 2 unspecified atom stereocenters. The van der Waals surface area contributed by atoms with Crippen LogP contribution in [0.25, 0.3) is 0 Å². The number of nitrogens with one attached hydrogen (secondary N) is 1. The molecule has 0 saturated carbocycles. The Hall–Kier alpha value is -2.09. The molecule has 0 spiro atoms. The summed E-state index contributed by atoms with van der Waals surface area (Å²) >= 11 is 0. The first-order valence-electron chi connectivity index (χ1n) is 8.00. The second-order valence-corrected chi connectivity index (χ2v) is 5.81. The fraction of sp³-hybridized carbons (Fsp3) is 0.412. The summed E-state index contributed by atoms with van der Waals surface area (Å²) in [5.41, 5.74) is 0.720. The van der Waals surface area contributed by atoms with Gasteiger partial charge in [0.15, 0.2) is 0 Å². The van der Waals surface area contributed by atoms with Gasteiger partial charge in [-0.25, -0.2) is 4.39 Å². The Balaban J connectivity index is 1.49. The second kappa shape index (κ2) is 8.14. The van der Waals surface area contributed by atoms with E-state index in [1.54, 1.807) is 18.3 Å². The summed E-state index contributed by atoms with van der Waals surface area (Å²) in [4.78, 5) is 2.15. The monoisotopic (exact) mass is 332 g/mol. The Morgan fingerprint density at radius 1 is 1.33 bits per heavy atom. The van der Waals surface area contributed by atoms with E-state index < -0.39 is 6.10 Å². The van der Waals surface area contributed by atoms with Crippen molar-refractivity contribution in [2.75, 3.05) is 38.1 Å². The molecule has 6 nitrogen and oxygen atoms in total. The van der Waals surface area contributed by atoms with Gasteiger partial charge in [0.25, 0.3) is 0 Å². The third-order valence-electron chi connectivity index (χ3n) is 3.99. The molecule has 0 amide bonds. The van der Waals surface area contributed by atoms with Gasteiger partial charge in [-0.05, 0) is 29.8 Å². The van der Waals surface area contributed by atoms with Crippen LogP contribution in [0.3, 0.4) is 0 Å². The maximum absolute atomic E-state index is 13.0. The summed E-state index contributed by atoms with van der Waals surface area (Å²) < 4.78 is 18.7. The Morgan fingerprint density at radius 2 is 2.17 bits per heavy atom. The number of aliphatic hydroxyl groups is 1. The number of hydrogen-bond acceptors (Lipinski definition) is 6. The molecule has 1 aliphatic rings. The van der Waals surface area contributed by atoms with Crippen LogP contribution in [0.2, 0.25) is 0 Å². The number of hydrogen-bond donors (Lipinski definition) is 2. The first kappa shape index (κ1) is 16.8. The summed E-state index contributed by atoms with van der Waals surface area (Å²) in [5, 5.41) is 21.3. The van der Waals surface area contributed by atoms with Gasteiger partial charge in [0.1, 0.15) is 11.6 Å². The van der Waals surface area contributed by atoms with Crippen molar-refractivity contribution in [3.8, 4) is 0 Å². The quantitative estimate of drug-likeness (QED) is 0.835. The molecule has 1 fully saturated rings. The Labute approximate surface area is 140 Å². The van der Waals surface area contributed by atoms with Crippen molar-refractivity contribution in [3.63, 3.8) is 0 Å². The van der Waals surface area contributed by atoms with E-state index in [9.17, 15) is 9.50 Å². The zero-order valence-corrected chi connectivity index (χ0v) is 13.3. The molecule has 2 atom stereocenters. The predicted octanol–water partition coefficient (Wildman–Crippen LogP) is 1.46. The van der Waals surface area contributed by atoms with Crippen molar-refractivity contribution in [1.29, 1.82) is 0 Å². The van der Waals surface area contributed by atoms with Crippen LogP contribution in [0, 0.1) is 5.82 Å². The minimum absolute atomic E-state index is 0.0150. The average molecular weight is 332 g/mol. The number of aromatic nitrogens is 2. The third-order valence-corrected chi connectivity index (χ3v) is 3.99. The molecule has 1 aromatic heterocycles. The van der Waals surface area contributed by atoms with Crippen molar-refractivity contribution in [1.82, 2.24) is 15.1 Å². The van der Waals surface area contributed by atoms with Crippen molar-refractivity contribution in [2.45, 2.75) is 12.2 Å². The third kappa shape index (κ3) is 4.70. The van der Waals surface area contributed by atoms with E-state index in [1.807, 2.05) is 12.1 Å². The number of morpholine rings is 1. The number of halogens is 1. The number of rotatable bonds is 6. The minimum Gasteiger partial charge on any atom is -0.387 e. The summed E-state index contributed by atoms with van der Waals surface area (Å²) in [6.07, 6.45) is 0.999. The summed E-state index contributed by atoms with van der Waals surface area (Å²) in [6, 6.07) is 9.65. The zero-order valence-electron chi connectivity index (χ0n) is 13.3. The average Bonchev–Trinajstić information content (AvgIpc) is 2.62. The number of aliphatic hydroxyl groups excluding tert-OH is 1. The maximum Gasteiger partial charge on any atom is 0.148 e. The van der Waals surface area contributed by atoms with Crippen LogP contribution in [0.15, 0.2) is 42.6 Å². The molecule has 1 aromatic carbocycles. The number of anilines is 1. The SMILES string of the molecule is OC(CN1CCOC(CNc2cccnn2)C1)c1ccc(F)cc1. The summed E-state index contributed by atoms with van der Waals surface area (Å²) in [5.74, 6) is 0.414. The van der Waals surface area contributed by atoms with Gasteiger partial charge >= 0.3 is 0 Å². The molecule has 0 bridgehead atoms. The number of benzene rings is 1. The zero-order chi connectivity index (χ0) is 16.8. The van der Waals surface area contributed by atoms with E-state index >= 15 is 0 Å². The first-order chi connectivity index (χ1) is 11.7. The van der Waals surface area contributed by atoms with E-state index in [0.717, 1.165) is 12.1 Å². The Kier molecular flexibility index (Phi) is 5.68. The lowest BCUT2D eigenvalue weighted by molar-refractivity contribution is -0.0344. The summed E-state index contributed by atoms with van der Waals surface area (Å²) in [6.45, 7) is 3.22. The van der Waals surface area contributed by atoms with Crippen molar-refractivity contribution in [3.05, 3.63) is 54.0 Å². The molecule has 2 aromatic rings. The standard InChI is InChI=1S/C17H21FN4O2/c18-14-5-3-13(4-6-14)16(23)12-22-8-9-24-15(11-22)10-19-17-2-1-7-20-21-17/h1-7,15-16,23H,8-12H2,(H,19,21). The van der Waals surface area contributed by atoms with Crippen molar-refractivity contribution < 1.29 is 14.2 Å². The van der Waals surface area contributed by atoms with Gasteiger partial charge in [0.05, 0.1) is 18.8 Å². The van der Waals surface area contributed by atoms with Gasteiger partial charge in [-0.1, -0.05) is 12.1 Å². The number of β-amino-alcohol motifs (C(OH)–C–C–N with tert-alkyl or cyclic N) is 1. The van der Waals surface area contributed by atoms with Crippen LogP contribution < -0.4 is 5.32 Å². The largest absolute Gasteiger partial charge is 0.387 e. The van der Waals surface area contributed by atoms with Gasteiger partial charge in [0.2, 0.25) is 0 Å². The maximum atomic E-state index is 13.0.